The third-order valence-corrected chi connectivity index (χ3v) is 7.69. The van der Waals surface area contributed by atoms with Gasteiger partial charge in [0.05, 0.1) is 12.2 Å². The summed E-state index contributed by atoms with van der Waals surface area (Å²) in [6.07, 6.45) is 2.75. The molecule has 2 amide bonds. The number of halogens is 1. The summed E-state index contributed by atoms with van der Waals surface area (Å²) in [5, 5.41) is 11.6. The SMILES string of the molecule is CC[C@H]1CN(c2nc(N)c(C(=O)NCCO)nc2Cl)CCN1C1CCN(C(=O)c2ccc(C)cc2N)CC1. The number of anilines is 3. The molecule has 2 saturated heterocycles. The molecule has 2 fully saturated rings. The van der Waals surface area contributed by atoms with E-state index in [2.05, 4.69) is 32.0 Å². The molecular formula is C26H37ClN8O3. The summed E-state index contributed by atoms with van der Waals surface area (Å²) in [5.74, 6) is -0.0561. The van der Waals surface area contributed by atoms with Crippen LogP contribution in [0, 0.1) is 6.92 Å². The molecule has 0 unspecified atom stereocenters. The van der Waals surface area contributed by atoms with Gasteiger partial charge in [0, 0.05) is 57.0 Å². The Kier molecular flexibility index (Phi) is 8.91. The topological polar surface area (TPSA) is 154 Å². The lowest BCUT2D eigenvalue weighted by Crippen LogP contribution is -2.58. The van der Waals surface area contributed by atoms with Gasteiger partial charge in [0.1, 0.15) is 0 Å². The second-order valence-corrected chi connectivity index (χ2v) is 10.3. The van der Waals surface area contributed by atoms with Gasteiger partial charge in [-0.15, -0.1) is 0 Å². The van der Waals surface area contributed by atoms with Crippen molar-refractivity contribution in [3.8, 4) is 0 Å². The van der Waals surface area contributed by atoms with E-state index < -0.39 is 5.91 Å². The van der Waals surface area contributed by atoms with Crippen molar-refractivity contribution in [3.63, 3.8) is 0 Å². The normalized spacial score (nSPS) is 19.0. The zero-order valence-corrected chi connectivity index (χ0v) is 22.7. The molecule has 0 spiro atoms. The van der Waals surface area contributed by atoms with Crippen LogP contribution in [0.25, 0.3) is 0 Å². The van der Waals surface area contributed by atoms with E-state index in [1.807, 2.05) is 30.0 Å². The Bertz CT molecular complexity index is 1170. The van der Waals surface area contributed by atoms with Gasteiger partial charge in [-0.1, -0.05) is 24.6 Å². The van der Waals surface area contributed by atoms with Gasteiger partial charge < -0.3 is 31.7 Å². The Morgan fingerprint density at radius 1 is 1.16 bits per heavy atom. The molecule has 6 N–H and O–H groups in total. The molecule has 1 atom stereocenters. The lowest BCUT2D eigenvalue weighted by atomic mass is 9.97. The van der Waals surface area contributed by atoms with E-state index in [1.165, 1.54) is 0 Å². The molecule has 12 heteroatoms. The fraction of sp³-hybridized carbons (Fsp3) is 0.538. The van der Waals surface area contributed by atoms with E-state index in [0.29, 0.717) is 49.3 Å². The fourth-order valence-electron chi connectivity index (χ4n) is 5.39. The Balaban J connectivity index is 1.38. The second kappa shape index (κ2) is 12.1. The molecule has 3 heterocycles. The van der Waals surface area contributed by atoms with Crippen molar-refractivity contribution >= 4 is 40.7 Å². The molecule has 38 heavy (non-hydrogen) atoms. The third-order valence-electron chi connectivity index (χ3n) is 7.43. The van der Waals surface area contributed by atoms with E-state index in [0.717, 1.165) is 31.4 Å². The maximum atomic E-state index is 13.1. The molecule has 11 nitrogen and oxygen atoms in total. The minimum Gasteiger partial charge on any atom is -0.398 e. The smallest absolute Gasteiger partial charge is 0.273 e. The van der Waals surface area contributed by atoms with Crippen molar-refractivity contribution in [2.45, 2.75) is 45.2 Å². The number of carbonyl (C=O) groups excluding carboxylic acids is 2. The molecule has 2 aliphatic heterocycles. The van der Waals surface area contributed by atoms with Crippen molar-refractivity contribution in [3.05, 3.63) is 40.2 Å². The largest absolute Gasteiger partial charge is 0.398 e. The van der Waals surface area contributed by atoms with Crippen LogP contribution < -0.4 is 21.7 Å². The Hall–Kier alpha value is -3.15. The standard InChI is InChI=1S/C26H37ClN8O3/c1-3-17-15-34(24-22(27)31-21(23(29)32-24)25(37)30-8-13-36)11-12-35(17)18-6-9-33(10-7-18)26(38)19-5-4-16(2)14-20(19)28/h4-5,14,17-18,36H,3,6-13,15,28H2,1-2H3,(H2,29,32)(H,30,37)/t17-/m0/s1. The molecule has 4 rings (SSSR count). The quantitative estimate of drug-likeness (QED) is 0.380. The number of aromatic nitrogens is 2. The number of hydrogen-bond acceptors (Lipinski definition) is 9. The average molecular weight is 545 g/mol. The van der Waals surface area contributed by atoms with Gasteiger partial charge >= 0.3 is 0 Å². The molecule has 0 aliphatic carbocycles. The van der Waals surface area contributed by atoms with E-state index in [1.54, 1.807) is 0 Å². The monoisotopic (exact) mass is 544 g/mol. The third kappa shape index (κ3) is 5.95. The first-order valence-corrected chi connectivity index (χ1v) is 13.5. The molecule has 1 aromatic heterocycles. The van der Waals surface area contributed by atoms with Gasteiger partial charge in [0.15, 0.2) is 22.5 Å². The Morgan fingerprint density at radius 2 is 1.89 bits per heavy atom. The summed E-state index contributed by atoms with van der Waals surface area (Å²) in [4.78, 5) is 40.5. The Morgan fingerprint density at radius 3 is 2.55 bits per heavy atom. The first-order chi connectivity index (χ1) is 18.2. The highest BCUT2D eigenvalue weighted by Gasteiger charge is 2.35. The maximum absolute atomic E-state index is 13.1. The predicted molar refractivity (Wildman–Crippen MR) is 148 cm³/mol. The number of nitrogens with one attached hydrogen (secondary N) is 1. The molecular weight excluding hydrogens is 508 g/mol. The lowest BCUT2D eigenvalue weighted by molar-refractivity contribution is 0.0491. The number of aryl methyl sites for hydroxylation is 1. The van der Waals surface area contributed by atoms with Crippen LogP contribution in [0.15, 0.2) is 18.2 Å². The van der Waals surface area contributed by atoms with Crippen molar-refractivity contribution in [2.24, 2.45) is 0 Å². The van der Waals surface area contributed by atoms with Gasteiger partial charge in [-0.05, 0) is 43.9 Å². The zero-order chi connectivity index (χ0) is 27.4. The molecule has 1 aromatic carbocycles. The van der Waals surface area contributed by atoms with Crippen molar-refractivity contribution in [1.29, 1.82) is 0 Å². The van der Waals surface area contributed by atoms with Crippen LogP contribution in [0.4, 0.5) is 17.3 Å². The van der Waals surface area contributed by atoms with Crippen LogP contribution in [-0.4, -0.2) is 94.6 Å². The number of nitrogens with two attached hydrogens (primary N) is 2. The van der Waals surface area contributed by atoms with Gasteiger partial charge in [0.2, 0.25) is 0 Å². The molecule has 0 radical (unpaired) electrons. The highest BCUT2D eigenvalue weighted by Crippen LogP contribution is 2.30. The summed E-state index contributed by atoms with van der Waals surface area (Å²) in [6, 6.07) is 6.24. The van der Waals surface area contributed by atoms with Gasteiger partial charge in [-0.3, -0.25) is 14.5 Å². The molecule has 206 valence electrons. The highest BCUT2D eigenvalue weighted by atomic mass is 35.5. The van der Waals surface area contributed by atoms with Crippen LogP contribution in [-0.2, 0) is 0 Å². The van der Waals surface area contributed by atoms with Crippen molar-refractivity contribution < 1.29 is 14.7 Å². The number of amides is 2. The number of nitrogens with zero attached hydrogens (tertiary/aromatic N) is 5. The number of aliphatic hydroxyl groups excluding tert-OH is 1. The summed E-state index contributed by atoms with van der Waals surface area (Å²) in [5.41, 5.74) is 14.3. The van der Waals surface area contributed by atoms with E-state index in [9.17, 15) is 9.59 Å². The van der Waals surface area contributed by atoms with E-state index in [-0.39, 0.29) is 41.8 Å². The number of carbonyl (C=O) groups is 2. The van der Waals surface area contributed by atoms with Crippen LogP contribution in [0.1, 0.15) is 52.6 Å². The number of rotatable bonds is 7. The molecule has 0 bridgehead atoms. The lowest BCUT2D eigenvalue weighted by Gasteiger charge is -2.47. The van der Waals surface area contributed by atoms with Crippen LogP contribution in [0.3, 0.4) is 0 Å². The maximum Gasteiger partial charge on any atom is 0.273 e. The number of piperidine rings is 1. The number of piperazine rings is 1. The number of nitrogen functional groups attached to an aromatic ring is 2. The van der Waals surface area contributed by atoms with Crippen LogP contribution in [0.2, 0.25) is 5.15 Å². The number of aliphatic hydroxyl groups is 1. The van der Waals surface area contributed by atoms with Crippen LogP contribution >= 0.6 is 11.6 Å². The number of hydrogen-bond donors (Lipinski definition) is 4. The highest BCUT2D eigenvalue weighted by molar-refractivity contribution is 6.32. The summed E-state index contributed by atoms with van der Waals surface area (Å²) < 4.78 is 0. The van der Waals surface area contributed by atoms with Crippen molar-refractivity contribution in [2.75, 3.05) is 62.2 Å². The predicted octanol–water partition coefficient (Wildman–Crippen LogP) is 1.53. The first-order valence-electron chi connectivity index (χ1n) is 13.1. The van der Waals surface area contributed by atoms with Crippen LogP contribution in [0.5, 0.6) is 0 Å². The summed E-state index contributed by atoms with van der Waals surface area (Å²) >= 11 is 6.44. The van der Waals surface area contributed by atoms with Crippen molar-refractivity contribution in [1.82, 2.24) is 25.1 Å². The first kappa shape index (κ1) is 27.9. The van der Waals surface area contributed by atoms with Gasteiger partial charge in [0.25, 0.3) is 11.8 Å². The van der Waals surface area contributed by atoms with Gasteiger partial charge in [-0.2, -0.15) is 0 Å². The number of likely N-dealkylation sites (tertiary alicyclic amines) is 1. The summed E-state index contributed by atoms with van der Waals surface area (Å²) in [6.45, 7) is 7.64. The van der Waals surface area contributed by atoms with E-state index in [4.69, 9.17) is 28.2 Å². The van der Waals surface area contributed by atoms with Gasteiger partial charge in [-0.25, -0.2) is 9.97 Å². The van der Waals surface area contributed by atoms with E-state index >= 15 is 0 Å². The minimum absolute atomic E-state index is 0.00145. The molecule has 2 aromatic rings. The average Bonchev–Trinajstić information content (AvgIpc) is 2.92. The minimum atomic E-state index is -0.524. The Labute approximate surface area is 228 Å². The summed E-state index contributed by atoms with van der Waals surface area (Å²) in [7, 11) is 0. The molecule has 2 aliphatic rings. The number of benzene rings is 1. The zero-order valence-electron chi connectivity index (χ0n) is 22.0. The fourth-order valence-corrected chi connectivity index (χ4v) is 5.64. The molecule has 0 saturated carbocycles. The second-order valence-electron chi connectivity index (χ2n) is 9.91.